The van der Waals surface area contributed by atoms with Gasteiger partial charge in [-0.3, -0.25) is 15.3 Å². The van der Waals surface area contributed by atoms with Gasteiger partial charge < -0.3 is 5.73 Å². The molecule has 1 rings (SSSR count). The van der Waals surface area contributed by atoms with Gasteiger partial charge in [-0.2, -0.15) is 0 Å². The minimum absolute atomic E-state index is 0.250. The lowest BCUT2D eigenvalue weighted by Gasteiger charge is -2.23. The lowest BCUT2D eigenvalue weighted by atomic mass is 10.2. The first-order chi connectivity index (χ1) is 8.08. The van der Waals surface area contributed by atoms with Crippen LogP contribution in [0.4, 0.5) is 0 Å². The molecule has 3 N–H and O–H groups in total. The summed E-state index contributed by atoms with van der Waals surface area (Å²) in [6.07, 6.45) is 2.44. The molecule has 1 heterocycles. The van der Waals surface area contributed by atoms with Crippen molar-refractivity contribution in [2.75, 3.05) is 13.1 Å². The monoisotopic (exact) mass is 234 g/mol. The molecule has 0 spiro atoms. The number of amidine groups is 1. The van der Waals surface area contributed by atoms with Gasteiger partial charge >= 0.3 is 0 Å². The molecule has 0 bridgehead atoms. The molecule has 0 aliphatic rings. The van der Waals surface area contributed by atoms with Crippen molar-refractivity contribution in [1.82, 2.24) is 9.88 Å². The van der Waals surface area contributed by atoms with E-state index in [1.165, 1.54) is 0 Å². The Morgan fingerprint density at radius 2 is 2.24 bits per heavy atom. The Kier molecular flexibility index (Phi) is 5.63. The van der Waals surface area contributed by atoms with E-state index in [0.717, 1.165) is 25.3 Å². The second-order valence-electron chi connectivity index (χ2n) is 4.73. The fourth-order valence-electron chi connectivity index (χ4n) is 1.75. The first-order valence-corrected chi connectivity index (χ1v) is 6.03. The van der Waals surface area contributed by atoms with Gasteiger partial charge in [-0.05, 0) is 18.1 Å². The van der Waals surface area contributed by atoms with Crippen molar-refractivity contribution in [1.29, 1.82) is 5.41 Å². The number of rotatable bonds is 7. The highest BCUT2D eigenvalue weighted by molar-refractivity contribution is 5.76. The minimum atomic E-state index is 0.250. The highest BCUT2D eigenvalue weighted by Gasteiger charge is 2.09. The Balaban J connectivity index is 2.53. The topological polar surface area (TPSA) is 66.0 Å². The van der Waals surface area contributed by atoms with E-state index < -0.39 is 0 Å². The average Bonchev–Trinajstić information content (AvgIpc) is 2.26. The smallest absolute Gasteiger partial charge is 0.0918 e. The van der Waals surface area contributed by atoms with Crippen LogP contribution in [0.25, 0.3) is 0 Å². The van der Waals surface area contributed by atoms with E-state index in [4.69, 9.17) is 11.1 Å². The third-order valence-corrected chi connectivity index (χ3v) is 2.43. The van der Waals surface area contributed by atoms with Gasteiger partial charge in [0.2, 0.25) is 0 Å². The molecule has 0 saturated carbocycles. The fourth-order valence-corrected chi connectivity index (χ4v) is 1.75. The first-order valence-electron chi connectivity index (χ1n) is 6.03. The maximum atomic E-state index is 7.29. The molecule has 0 fully saturated rings. The molecule has 0 atom stereocenters. The highest BCUT2D eigenvalue weighted by atomic mass is 15.1. The summed E-state index contributed by atoms with van der Waals surface area (Å²) >= 11 is 0. The SMILES string of the molecule is CC(C)CN(CCC(=N)N)Cc1ccccn1. The predicted molar refractivity (Wildman–Crippen MR) is 70.9 cm³/mol. The molecule has 1 aromatic rings. The zero-order valence-electron chi connectivity index (χ0n) is 10.7. The van der Waals surface area contributed by atoms with Crippen molar-refractivity contribution in [3.63, 3.8) is 0 Å². The quantitative estimate of drug-likeness (QED) is 0.559. The molecule has 0 aliphatic carbocycles. The van der Waals surface area contributed by atoms with E-state index >= 15 is 0 Å². The van der Waals surface area contributed by atoms with Gasteiger partial charge in [-0.25, -0.2) is 0 Å². The van der Waals surface area contributed by atoms with Crippen LogP contribution in [0.15, 0.2) is 24.4 Å². The van der Waals surface area contributed by atoms with Crippen LogP contribution in [0.2, 0.25) is 0 Å². The molecule has 1 aromatic heterocycles. The summed E-state index contributed by atoms with van der Waals surface area (Å²) in [5, 5.41) is 7.29. The molecule has 94 valence electrons. The molecule has 0 saturated heterocycles. The summed E-state index contributed by atoms with van der Waals surface area (Å²) in [7, 11) is 0. The van der Waals surface area contributed by atoms with Crippen molar-refractivity contribution >= 4 is 5.84 Å². The number of nitrogens with one attached hydrogen (secondary N) is 1. The second kappa shape index (κ2) is 7.01. The van der Waals surface area contributed by atoms with Gasteiger partial charge in [-0.1, -0.05) is 19.9 Å². The molecule has 0 aliphatic heterocycles. The van der Waals surface area contributed by atoms with Crippen molar-refractivity contribution in [3.05, 3.63) is 30.1 Å². The summed E-state index contributed by atoms with van der Waals surface area (Å²) in [6, 6.07) is 5.95. The third kappa shape index (κ3) is 6.02. The van der Waals surface area contributed by atoms with Gasteiger partial charge in [0, 0.05) is 32.3 Å². The van der Waals surface area contributed by atoms with Gasteiger partial charge in [-0.15, -0.1) is 0 Å². The van der Waals surface area contributed by atoms with Crippen LogP contribution in [0.5, 0.6) is 0 Å². The Bertz CT molecular complexity index is 335. The molecule has 0 aromatic carbocycles. The van der Waals surface area contributed by atoms with Gasteiger partial charge in [0.05, 0.1) is 11.5 Å². The molecule has 0 unspecified atom stereocenters. The molecule has 17 heavy (non-hydrogen) atoms. The van der Waals surface area contributed by atoms with E-state index in [1.54, 1.807) is 0 Å². The lowest BCUT2D eigenvalue weighted by molar-refractivity contribution is 0.239. The normalized spacial score (nSPS) is 11.1. The summed E-state index contributed by atoms with van der Waals surface area (Å²) < 4.78 is 0. The van der Waals surface area contributed by atoms with E-state index in [2.05, 4.69) is 23.7 Å². The summed E-state index contributed by atoms with van der Waals surface area (Å²) in [5.41, 5.74) is 6.47. The Morgan fingerprint density at radius 3 is 2.76 bits per heavy atom. The standard InChI is InChI=1S/C13H22N4/c1-11(2)9-17(8-6-13(14)15)10-12-5-3-4-7-16-12/h3-5,7,11H,6,8-10H2,1-2H3,(H3,14,15). The molecule has 4 heteroatoms. The maximum absolute atomic E-state index is 7.29. The van der Waals surface area contributed by atoms with Crippen LogP contribution in [0.3, 0.4) is 0 Å². The van der Waals surface area contributed by atoms with Crippen molar-refractivity contribution < 1.29 is 0 Å². The fraction of sp³-hybridized carbons (Fsp3) is 0.538. The lowest BCUT2D eigenvalue weighted by Crippen LogP contribution is -2.31. The predicted octanol–water partition coefficient (Wildman–Crippen LogP) is 1.87. The number of pyridine rings is 1. The summed E-state index contributed by atoms with van der Waals surface area (Å²) in [6.45, 7) is 7.04. The van der Waals surface area contributed by atoms with Gasteiger partial charge in [0.25, 0.3) is 0 Å². The molecular weight excluding hydrogens is 212 g/mol. The van der Waals surface area contributed by atoms with Crippen molar-refractivity contribution in [2.24, 2.45) is 11.7 Å². The summed E-state index contributed by atoms with van der Waals surface area (Å²) in [5.74, 6) is 0.852. The van der Waals surface area contributed by atoms with Crippen molar-refractivity contribution in [3.8, 4) is 0 Å². The van der Waals surface area contributed by atoms with E-state index in [-0.39, 0.29) is 5.84 Å². The van der Waals surface area contributed by atoms with Gasteiger partial charge in [0.1, 0.15) is 0 Å². The Morgan fingerprint density at radius 1 is 1.47 bits per heavy atom. The van der Waals surface area contributed by atoms with Crippen LogP contribution >= 0.6 is 0 Å². The highest BCUT2D eigenvalue weighted by Crippen LogP contribution is 2.05. The minimum Gasteiger partial charge on any atom is -0.388 e. The zero-order chi connectivity index (χ0) is 12.7. The largest absolute Gasteiger partial charge is 0.388 e. The van der Waals surface area contributed by atoms with Crippen LogP contribution < -0.4 is 5.73 Å². The number of hydrogen-bond acceptors (Lipinski definition) is 3. The molecule has 4 nitrogen and oxygen atoms in total. The second-order valence-corrected chi connectivity index (χ2v) is 4.73. The molecular formula is C13H22N4. The Labute approximate surface area is 103 Å². The zero-order valence-corrected chi connectivity index (χ0v) is 10.7. The molecule has 0 amide bonds. The van der Waals surface area contributed by atoms with Crippen LogP contribution in [-0.2, 0) is 6.54 Å². The van der Waals surface area contributed by atoms with Gasteiger partial charge in [0.15, 0.2) is 0 Å². The first kappa shape index (κ1) is 13.6. The van der Waals surface area contributed by atoms with Crippen LogP contribution in [0.1, 0.15) is 26.0 Å². The van der Waals surface area contributed by atoms with Crippen molar-refractivity contribution in [2.45, 2.75) is 26.8 Å². The number of aromatic nitrogens is 1. The van der Waals surface area contributed by atoms with E-state index in [1.807, 2.05) is 24.4 Å². The number of nitrogens with two attached hydrogens (primary N) is 1. The average molecular weight is 234 g/mol. The van der Waals surface area contributed by atoms with Crippen LogP contribution in [0, 0.1) is 11.3 Å². The summed E-state index contributed by atoms with van der Waals surface area (Å²) in [4.78, 5) is 6.63. The Hall–Kier alpha value is -1.42. The van der Waals surface area contributed by atoms with E-state index in [0.29, 0.717) is 12.3 Å². The molecule has 0 radical (unpaired) electrons. The third-order valence-electron chi connectivity index (χ3n) is 2.43. The maximum Gasteiger partial charge on any atom is 0.0918 e. The number of hydrogen-bond donors (Lipinski definition) is 2. The number of nitrogens with zero attached hydrogens (tertiary/aromatic N) is 2. The van der Waals surface area contributed by atoms with Crippen LogP contribution in [-0.4, -0.2) is 28.8 Å². The van der Waals surface area contributed by atoms with E-state index in [9.17, 15) is 0 Å².